The molecule has 27 heavy (non-hydrogen) atoms. The van der Waals surface area contributed by atoms with Crippen molar-refractivity contribution in [1.82, 2.24) is 5.32 Å². The van der Waals surface area contributed by atoms with Gasteiger partial charge in [-0.15, -0.1) is 11.3 Å². The van der Waals surface area contributed by atoms with Crippen molar-refractivity contribution in [3.05, 3.63) is 64.0 Å². The van der Waals surface area contributed by atoms with E-state index in [4.69, 9.17) is 11.6 Å². The summed E-state index contributed by atoms with van der Waals surface area (Å²) in [4.78, 5) is 24.6. The Hall–Kier alpha value is -2.58. The fourth-order valence-corrected chi connectivity index (χ4v) is 3.78. The lowest BCUT2D eigenvalue weighted by Crippen LogP contribution is -2.33. The average Bonchev–Trinajstić information content (AvgIpc) is 2.96. The number of anilines is 1. The van der Waals surface area contributed by atoms with Crippen molar-refractivity contribution in [3.63, 3.8) is 0 Å². The van der Waals surface area contributed by atoms with Crippen molar-refractivity contribution >= 4 is 50.5 Å². The van der Waals surface area contributed by atoms with Gasteiger partial charge in [0, 0.05) is 21.3 Å². The number of rotatable bonds is 4. The number of halogens is 4. The molecule has 2 amide bonds. The second-order valence-corrected chi connectivity index (χ2v) is 7.00. The highest BCUT2D eigenvalue weighted by molar-refractivity contribution is 7.21. The number of benzene rings is 2. The molecule has 9 heteroatoms. The molecule has 3 rings (SSSR count). The molecular weight excluding hydrogens is 401 g/mol. The maximum atomic E-state index is 12.5. The van der Waals surface area contributed by atoms with Crippen molar-refractivity contribution in [2.75, 3.05) is 11.9 Å². The van der Waals surface area contributed by atoms with Crippen LogP contribution >= 0.6 is 22.9 Å². The summed E-state index contributed by atoms with van der Waals surface area (Å²) in [5.74, 6) is -1.35. The minimum absolute atomic E-state index is 0.000474. The number of thiophene rings is 1. The van der Waals surface area contributed by atoms with Crippen molar-refractivity contribution in [3.8, 4) is 0 Å². The Morgan fingerprint density at radius 1 is 1.04 bits per heavy atom. The summed E-state index contributed by atoms with van der Waals surface area (Å²) in [5.41, 5.74) is 0.271. The highest BCUT2D eigenvalue weighted by Gasteiger charge is 2.28. The third-order valence-corrected chi connectivity index (χ3v) is 5.25. The Kier molecular flexibility index (Phi) is 5.38. The minimum atomic E-state index is -4.50. The summed E-state index contributed by atoms with van der Waals surface area (Å²) in [6.07, 6.45) is -4.50. The number of amides is 2. The molecule has 1 aromatic heterocycles. The molecule has 2 aromatic carbocycles. The number of carbonyl (C=O) groups is 2. The fourth-order valence-electron chi connectivity index (χ4n) is 2.37. The molecule has 0 saturated heterocycles. The third-order valence-electron chi connectivity index (χ3n) is 3.57. The number of fused-ring (bicyclic) bond motifs is 1. The van der Waals surface area contributed by atoms with Gasteiger partial charge in [0.15, 0.2) is 0 Å². The molecule has 0 unspecified atom stereocenters. The van der Waals surface area contributed by atoms with Gasteiger partial charge in [-0.05, 0) is 24.3 Å². The summed E-state index contributed by atoms with van der Waals surface area (Å²) >= 11 is 7.49. The molecule has 0 saturated carbocycles. The summed E-state index contributed by atoms with van der Waals surface area (Å²) < 4.78 is 37.5. The molecule has 1 heterocycles. The van der Waals surface area contributed by atoms with E-state index in [0.717, 1.165) is 10.1 Å². The summed E-state index contributed by atoms with van der Waals surface area (Å²) in [6.45, 7) is -1.43. The van der Waals surface area contributed by atoms with Crippen molar-refractivity contribution in [1.29, 1.82) is 0 Å². The first-order valence-corrected chi connectivity index (χ1v) is 8.87. The van der Waals surface area contributed by atoms with Crippen LogP contribution < -0.4 is 10.6 Å². The molecule has 2 N–H and O–H groups in total. The molecule has 0 radical (unpaired) electrons. The van der Waals surface area contributed by atoms with Crippen LogP contribution in [0.25, 0.3) is 10.1 Å². The zero-order valence-corrected chi connectivity index (χ0v) is 15.1. The second-order valence-electron chi connectivity index (χ2n) is 5.57. The predicted octanol–water partition coefficient (Wildman–Crippen LogP) is 5.10. The molecule has 0 bridgehead atoms. The minimum Gasteiger partial charge on any atom is -0.343 e. The van der Waals surface area contributed by atoms with Crippen LogP contribution in [0, 0.1) is 0 Å². The maximum Gasteiger partial charge on any atom is 0.405 e. The topological polar surface area (TPSA) is 58.2 Å². The highest BCUT2D eigenvalue weighted by Crippen LogP contribution is 2.35. The molecule has 0 aliphatic rings. The molecule has 3 aromatic rings. The van der Waals surface area contributed by atoms with Gasteiger partial charge in [0.1, 0.15) is 11.4 Å². The van der Waals surface area contributed by atoms with E-state index in [1.807, 2.05) is 18.2 Å². The quantitative estimate of drug-likeness (QED) is 0.626. The van der Waals surface area contributed by atoms with E-state index < -0.39 is 24.5 Å². The summed E-state index contributed by atoms with van der Waals surface area (Å²) in [5, 5.41) is 5.48. The van der Waals surface area contributed by atoms with Crippen LogP contribution in [0.15, 0.2) is 48.5 Å². The SMILES string of the molecule is O=C(NCC(F)(F)F)c1cccc(NC(=O)c2sc3ccccc3c2Cl)c1. The Morgan fingerprint density at radius 2 is 1.78 bits per heavy atom. The standard InChI is InChI=1S/C18H12ClF3N2O2S/c19-14-12-6-1-2-7-13(12)27-15(14)17(26)24-11-5-3-4-10(8-11)16(25)23-9-18(20,21)22/h1-8H,9H2,(H,23,25)(H,24,26). The second kappa shape index (κ2) is 7.58. The van der Waals surface area contributed by atoms with Crippen molar-refractivity contribution in [2.45, 2.75) is 6.18 Å². The molecular formula is C18H12ClF3N2O2S. The smallest absolute Gasteiger partial charge is 0.343 e. The van der Waals surface area contributed by atoms with E-state index >= 15 is 0 Å². The van der Waals surface area contributed by atoms with E-state index in [9.17, 15) is 22.8 Å². The van der Waals surface area contributed by atoms with Crippen LogP contribution in [0.1, 0.15) is 20.0 Å². The van der Waals surface area contributed by atoms with Gasteiger partial charge in [0.05, 0.1) is 5.02 Å². The first-order chi connectivity index (χ1) is 12.7. The van der Waals surface area contributed by atoms with Gasteiger partial charge in [0.25, 0.3) is 11.8 Å². The van der Waals surface area contributed by atoms with Crippen LogP contribution in [0.4, 0.5) is 18.9 Å². The fraction of sp³-hybridized carbons (Fsp3) is 0.111. The monoisotopic (exact) mass is 412 g/mol. The molecule has 0 aliphatic heterocycles. The van der Waals surface area contributed by atoms with Crippen LogP contribution in [-0.4, -0.2) is 24.5 Å². The Morgan fingerprint density at radius 3 is 2.48 bits per heavy atom. The lowest BCUT2D eigenvalue weighted by atomic mass is 10.2. The average molecular weight is 413 g/mol. The Bertz CT molecular complexity index is 1020. The van der Waals surface area contributed by atoms with E-state index in [-0.39, 0.29) is 11.3 Å². The van der Waals surface area contributed by atoms with E-state index in [0.29, 0.717) is 9.90 Å². The van der Waals surface area contributed by atoms with Gasteiger partial charge >= 0.3 is 6.18 Å². The van der Waals surface area contributed by atoms with E-state index in [2.05, 4.69) is 5.32 Å². The van der Waals surface area contributed by atoms with Crippen molar-refractivity contribution in [2.24, 2.45) is 0 Å². The van der Waals surface area contributed by atoms with Gasteiger partial charge in [-0.25, -0.2) is 0 Å². The molecule has 140 valence electrons. The first kappa shape index (κ1) is 19.2. The number of alkyl halides is 3. The van der Waals surface area contributed by atoms with Crippen LogP contribution in [0.5, 0.6) is 0 Å². The van der Waals surface area contributed by atoms with Crippen LogP contribution in [0.3, 0.4) is 0 Å². The lowest BCUT2D eigenvalue weighted by molar-refractivity contribution is -0.123. The highest BCUT2D eigenvalue weighted by atomic mass is 35.5. The number of carbonyl (C=O) groups excluding carboxylic acids is 2. The maximum absolute atomic E-state index is 12.5. The zero-order chi connectivity index (χ0) is 19.6. The summed E-state index contributed by atoms with van der Waals surface area (Å²) in [6, 6.07) is 12.9. The third kappa shape index (κ3) is 4.58. The Balaban J connectivity index is 1.76. The Labute approximate surface area is 160 Å². The van der Waals surface area contributed by atoms with Gasteiger partial charge < -0.3 is 10.6 Å². The lowest BCUT2D eigenvalue weighted by Gasteiger charge is -2.09. The normalized spacial score (nSPS) is 11.4. The molecule has 0 atom stereocenters. The molecule has 0 fully saturated rings. The molecule has 0 aliphatic carbocycles. The van der Waals surface area contributed by atoms with Gasteiger partial charge in [-0.1, -0.05) is 35.9 Å². The van der Waals surface area contributed by atoms with E-state index in [1.165, 1.54) is 35.6 Å². The van der Waals surface area contributed by atoms with Gasteiger partial charge in [0.2, 0.25) is 0 Å². The van der Waals surface area contributed by atoms with E-state index in [1.54, 1.807) is 11.4 Å². The van der Waals surface area contributed by atoms with Gasteiger partial charge in [-0.3, -0.25) is 9.59 Å². The van der Waals surface area contributed by atoms with Crippen LogP contribution in [0.2, 0.25) is 5.02 Å². The first-order valence-electron chi connectivity index (χ1n) is 7.68. The molecule has 0 spiro atoms. The number of hydrogen-bond donors (Lipinski definition) is 2. The van der Waals surface area contributed by atoms with Crippen molar-refractivity contribution < 1.29 is 22.8 Å². The zero-order valence-electron chi connectivity index (χ0n) is 13.6. The number of hydrogen-bond acceptors (Lipinski definition) is 3. The summed E-state index contributed by atoms with van der Waals surface area (Å²) in [7, 11) is 0. The predicted molar refractivity (Wildman–Crippen MR) is 99.6 cm³/mol. The largest absolute Gasteiger partial charge is 0.405 e. The molecule has 4 nitrogen and oxygen atoms in total. The van der Waals surface area contributed by atoms with Gasteiger partial charge in [-0.2, -0.15) is 13.2 Å². The number of nitrogens with one attached hydrogen (secondary N) is 2. The van der Waals surface area contributed by atoms with Crippen LogP contribution in [-0.2, 0) is 0 Å².